The van der Waals surface area contributed by atoms with Crippen LogP contribution >= 0.6 is 0 Å². The summed E-state index contributed by atoms with van der Waals surface area (Å²) in [5.74, 6) is 1.69. The van der Waals surface area contributed by atoms with Gasteiger partial charge in [-0.2, -0.15) is 0 Å². The summed E-state index contributed by atoms with van der Waals surface area (Å²) in [5, 5.41) is 15.9. The second-order valence-corrected chi connectivity index (χ2v) is 7.78. The number of anilines is 1. The number of amides is 1. The highest BCUT2D eigenvalue weighted by atomic mass is 16.5. The molecule has 32 heavy (non-hydrogen) atoms. The van der Waals surface area contributed by atoms with E-state index in [9.17, 15) is 4.79 Å². The van der Waals surface area contributed by atoms with Gasteiger partial charge < -0.3 is 24.6 Å². The summed E-state index contributed by atoms with van der Waals surface area (Å²) >= 11 is 0. The molecule has 0 saturated carbocycles. The molecule has 0 aliphatic heterocycles. The minimum atomic E-state index is -0.208. The van der Waals surface area contributed by atoms with E-state index in [0.717, 1.165) is 16.9 Å². The number of carbonyl (C=O) groups excluding carboxylic acids is 1. The number of aliphatic hydroxyl groups is 1. The SMILES string of the molecule is Cc1onc(-c2ccc(N(C)C)nc2)c1COc1ccc(C(=O)N[C@@H](C)CCCO)cn1. The van der Waals surface area contributed by atoms with Crippen molar-refractivity contribution in [3.05, 3.63) is 53.5 Å². The van der Waals surface area contributed by atoms with Crippen molar-refractivity contribution in [3.63, 3.8) is 0 Å². The zero-order chi connectivity index (χ0) is 23.1. The van der Waals surface area contributed by atoms with Gasteiger partial charge in [0.1, 0.15) is 23.9 Å². The number of nitrogens with one attached hydrogen (secondary N) is 1. The van der Waals surface area contributed by atoms with Crippen molar-refractivity contribution >= 4 is 11.7 Å². The summed E-state index contributed by atoms with van der Waals surface area (Å²) < 4.78 is 11.2. The molecule has 0 fully saturated rings. The number of aryl methyl sites for hydroxylation is 1. The van der Waals surface area contributed by atoms with Gasteiger partial charge in [0.25, 0.3) is 5.91 Å². The van der Waals surface area contributed by atoms with Crippen molar-refractivity contribution in [2.45, 2.75) is 39.3 Å². The van der Waals surface area contributed by atoms with E-state index >= 15 is 0 Å². The maximum atomic E-state index is 12.3. The highest BCUT2D eigenvalue weighted by Gasteiger charge is 2.17. The Labute approximate surface area is 187 Å². The van der Waals surface area contributed by atoms with Gasteiger partial charge in [-0.25, -0.2) is 9.97 Å². The second kappa shape index (κ2) is 10.7. The Morgan fingerprint density at radius 1 is 1.22 bits per heavy atom. The molecule has 3 aromatic rings. The highest BCUT2D eigenvalue weighted by Crippen LogP contribution is 2.27. The lowest BCUT2D eigenvalue weighted by molar-refractivity contribution is 0.0936. The van der Waals surface area contributed by atoms with Crippen LogP contribution in [-0.4, -0.2) is 52.9 Å². The van der Waals surface area contributed by atoms with Crippen molar-refractivity contribution in [2.75, 3.05) is 25.6 Å². The van der Waals surface area contributed by atoms with Crippen LogP contribution in [0, 0.1) is 6.92 Å². The van der Waals surface area contributed by atoms with Crippen LogP contribution < -0.4 is 15.0 Å². The Morgan fingerprint density at radius 3 is 2.66 bits per heavy atom. The summed E-state index contributed by atoms with van der Waals surface area (Å²) in [6.45, 7) is 4.06. The Hall–Kier alpha value is -3.46. The maximum Gasteiger partial charge on any atom is 0.253 e. The number of carbonyl (C=O) groups is 1. The Balaban J connectivity index is 1.64. The molecule has 2 N–H and O–H groups in total. The fourth-order valence-electron chi connectivity index (χ4n) is 3.10. The molecule has 0 spiro atoms. The van der Waals surface area contributed by atoms with E-state index in [1.54, 1.807) is 18.3 Å². The van der Waals surface area contributed by atoms with Crippen molar-refractivity contribution < 1.29 is 19.2 Å². The van der Waals surface area contributed by atoms with E-state index in [1.807, 2.05) is 45.0 Å². The lowest BCUT2D eigenvalue weighted by atomic mass is 10.1. The van der Waals surface area contributed by atoms with E-state index < -0.39 is 0 Å². The number of ether oxygens (including phenoxy) is 1. The number of nitrogens with zero attached hydrogens (tertiary/aromatic N) is 4. The quantitative estimate of drug-likeness (QED) is 0.496. The minimum absolute atomic E-state index is 0.0261. The van der Waals surface area contributed by atoms with Crippen LogP contribution in [0.15, 0.2) is 41.2 Å². The van der Waals surface area contributed by atoms with Crippen LogP contribution in [-0.2, 0) is 6.61 Å². The molecule has 3 rings (SSSR count). The van der Waals surface area contributed by atoms with Crippen LogP contribution in [0.3, 0.4) is 0 Å². The fourth-order valence-corrected chi connectivity index (χ4v) is 3.10. The second-order valence-electron chi connectivity index (χ2n) is 7.78. The minimum Gasteiger partial charge on any atom is -0.473 e. The molecule has 9 heteroatoms. The summed E-state index contributed by atoms with van der Waals surface area (Å²) in [7, 11) is 3.86. The molecule has 0 aliphatic carbocycles. The summed E-state index contributed by atoms with van der Waals surface area (Å²) in [5.41, 5.74) is 2.77. The zero-order valence-electron chi connectivity index (χ0n) is 18.8. The lowest BCUT2D eigenvalue weighted by Crippen LogP contribution is -2.32. The smallest absolute Gasteiger partial charge is 0.253 e. The molecule has 0 aliphatic rings. The maximum absolute atomic E-state index is 12.3. The average molecular weight is 440 g/mol. The topological polar surface area (TPSA) is 114 Å². The summed E-state index contributed by atoms with van der Waals surface area (Å²) in [6.07, 6.45) is 4.59. The van der Waals surface area contributed by atoms with Crippen molar-refractivity contribution in [1.82, 2.24) is 20.4 Å². The van der Waals surface area contributed by atoms with E-state index in [1.165, 1.54) is 6.20 Å². The number of hydrogen-bond donors (Lipinski definition) is 2. The van der Waals surface area contributed by atoms with Gasteiger partial charge >= 0.3 is 0 Å². The first-order chi connectivity index (χ1) is 15.4. The number of rotatable bonds is 10. The standard InChI is InChI=1S/C23H29N5O4/c1-15(6-5-11-29)26-23(30)18-8-10-21(25-13-18)31-14-19-16(2)32-27-22(19)17-7-9-20(24-12-17)28(3)4/h7-10,12-13,15,29H,5-6,11,14H2,1-4H3,(H,26,30)/t15-/m0/s1. The van der Waals surface area contributed by atoms with Crippen LogP contribution in [0.25, 0.3) is 11.3 Å². The fraction of sp³-hybridized carbons (Fsp3) is 0.391. The third-order valence-electron chi connectivity index (χ3n) is 5.00. The third-order valence-corrected chi connectivity index (χ3v) is 5.00. The van der Waals surface area contributed by atoms with E-state index in [-0.39, 0.29) is 25.2 Å². The zero-order valence-corrected chi connectivity index (χ0v) is 18.8. The van der Waals surface area contributed by atoms with Gasteiger partial charge in [-0.15, -0.1) is 0 Å². The summed E-state index contributed by atoms with van der Waals surface area (Å²) in [6, 6.07) is 7.16. The molecule has 0 unspecified atom stereocenters. The third kappa shape index (κ3) is 5.82. The predicted molar refractivity (Wildman–Crippen MR) is 121 cm³/mol. The molecule has 1 atom stereocenters. The molecule has 0 saturated heterocycles. The molecule has 3 heterocycles. The lowest BCUT2D eigenvalue weighted by Gasteiger charge is -2.13. The normalized spacial score (nSPS) is 11.8. The highest BCUT2D eigenvalue weighted by molar-refractivity contribution is 5.94. The Morgan fingerprint density at radius 2 is 2.03 bits per heavy atom. The van der Waals surface area contributed by atoms with Gasteiger partial charge in [-0.1, -0.05) is 5.16 Å². The van der Waals surface area contributed by atoms with Gasteiger partial charge in [0.2, 0.25) is 5.88 Å². The van der Waals surface area contributed by atoms with Crippen molar-refractivity contribution in [3.8, 4) is 17.1 Å². The molecular formula is C23H29N5O4. The van der Waals surface area contributed by atoms with Gasteiger partial charge in [-0.05, 0) is 44.9 Å². The van der Waals surface area contributed by atoms with Gasteiger partial charge in [0, 0.05) is 50.8 Å². The first-order valence-corrected chi connectivity index (χ1v) is 10.5. The Bertz CT molecular complexity index is 1020. The van der Waals surface area contributed by atoms with Crippen LogP contribution in [0.2, 0.25) is 0 Å². The van der Waals surface area contributed by atoms with E-state index in [0.29, 0.717) is 35.7 Å². The largest absolute Gasteiger partial charge is 0.473 e. The first-order valence-electron chi connectivity index (χ1n) is 10.5. The first kappa shape index (κ1) is 23.2. The van der Waals surface area contributed by atoms with Crippen LogP contribution in [0.4, 0.5) is 5.82 Å². The molecule has 0 bridgehead atoms. The molecule has 1 amide bonds. The molecule has 3 aromatic heterocycles. The molecule has 0 radical (unpaired) electrons. The monoisotopic (exact) mass is 439 g/mol. The molecule has 170 valence electrons. The van der Waals surface area contributed by atoms with E-state index in [4.69, 9.17) is 14.4 Å². The van der Waals surface area contributed by atoms with Gasteiger partial charge in [0.05, 0.1) is 11.1 Å². The number of hydrogen-bond acceptors (Lipinski definition) is 8. The summed E-state index contributed by atoms with van der Waals surface area (Å²) in [4.78, 5) is 22.9. The molecule has 9 nitrogen and oxygen atoms in total. The van der Waals surface area contributed by atoms with Crippen LogP contribution in [0.5, 0.6) is 5.88 Å². The molecule has 0 aromatic carbocycles. The van der Waals surface area contributed by atoms with Crippen molar-refractivity contribution in [2.24, 2.45) is 0 Å². The number of aliphatic hydroxyl groups excluding tert-OH is 1. The number of pyridine rings is 2. The van der Waals surface area contributed by atoms with E-state index in [2.05, 4.69) is 20.4 Å². The number of aromatic nitrogens is 3. The average Bonchev–Trinajstić information content (AvgIpc) is 3.16. The predicted octanol–water partition coefficient (Wildman–Crippen LogP) is 2.98. The molecular weight excluding hydrogens is 410 g/mol. The van der Waals surface area contributed by atoms with Crippen LogP contribution in [0.1, 0.15) is 41.4 Å². The van der Waals surface area contributed by atoms with Crippen molar-refractivity contribution in [1.29, 1.82) is 0 Å². The van der Waals surface area contributed by atoms with Gasteiger partial charge in [-0.3, -0.25) is 4.79 Å². The van der Waals surface area contributed by atoms with Gasteiger partial charge in [0.15, 0.2) is 0 Å². The Kier molecular flexibility index (Phi) is 7.77.